The van der Waals surface area contributed by atoms with Crippen LogP contribution in [0.4, 0.5) is 5.69 Å². The Kier molecular flexibility index (Phi) is 7.19. The molecule has 2 aliphatic rings. The van der Waals surface area contributed by atoms with Crippen LogP contribution in [0, 0.1) is 0 Å². The molecule has 2 unspecified atom stereocenters. The Balaban J connectivity index is 1.38. The first-order valence-corrected chi connectivity index (χ1v) is 13.8. The van der Waals surface area contributed by atoms with Gasteiger partial charge in [-0.05, 0) is 78.9 Å². The number of amides is 1. The molecule has 5 heteroatoms. The highest BCUT2D eigenvalue weighted by atomic mass is 16.5. The van der Waals surface area contributed by atoms with E-state index < -0.39 is 0 Å². The van der Waals surface area contributed by atoms with Crippen molar-refractivity contribution in [3.8, 4) is 17.2 Å². The summed E-state index contributed by atoms with van der Waals surface area (Å²) in [6.45, 7) is 2.53. The predicted molar refractivity (Wildman–Crippen MR) is 156 cm³/mol. The Labute approximate surface area is 234 Å². The average molecular weight is 530 g/mol. The SMILES string of the molecule is CCOc1ccc(C2CC(=O)N(c3ccc(Oc4ccccc4)cc3)C3=C2C(=O)CC(c2ccccc2)C3)cc1. The summed E-state index contributed by atoms with van der Waals surface area (Å²) < 4.78 is 11.6. The highest BCUT2D eigenvalue weighted by Gasteiger charge is 2.42. The van der Waals surface area contributed by atoms with Crippen molar-refractivity contribution in [2.75, 3.05) is 11.5 Å². The molecule has 0 aromatic heterocycles. The van der Waals surface area contributed by atoms with Crippen LogP contribution < -0.4 is 14.4 Å². The molecule has 0 N–H and O–H groups in total. The lowest BCUT2D eigenvalue weighted by molar-refractivity contribution is -0.120. The van der Waals surface area contributed by atoms with Gasteiger partial charge in [0.25, 0.3) is 0 Å². The number of hydrogen-bond donors (Lipinski definition) is 0. The van der Waals surface area contributed by atoms with Crippen molar-refractivity contribution in [3.63, 3.8) is 0 Å². The topological polar surface area (TPSA) is 55.8 Å². The van der Waals surface area contributed by atoms with E-state index in [0.29, 0.717) is 25.2 Å². The van der Waals surface area contributed by atoms with Gasteiger partial charge in [0.2, 0.25) is 5.91 Å². The van der Waals surface area contributed by atoms with Crippen LogP contribution in [0.1, 0.15) is 49.1 Å². The van der Waals surface area contributed by atoms with Crippen molar-refractivity contribution >= 4 is 17.4 Å². The maximum Gasteiger partial charge on any atom is 0.232 e. The zero-order chi connectivity index (χ0) is 27.5. The Morgan fingerprint density at radius 2 is 1.30 bits per heavy atom. The van der Waals surface area contributed by atoms with Gasteiger partial charge >= 0.3 is 0 Å². The zero-order valence-electron chi connectivity index (χ0n) is 22.5. The highest BCUT2D eigenvalue weighted by molar-refractivity contribution is 6.08. The summed E-state index contributed by atoms with van der Waals surface area (Å²) in [6, 6.07) is 35.0. The average Bonchev–Trinajstić information content (AvgIpc) is 2.99. The number of anilines is 1. The third kappa shape index (κ3) is 5.15. The van der Waals surface area contributed by atoms with Crippen LogP contribution in [-0.2, 0) is 9.59 Å². The lowest BCUT2D eigenvalue weighted by atomic mass is 9.72. The van der Waals surface area contributed by atoms with Gasteiger partial charge in [0.15, 0.2) is 5.78 Å². The maximum atomic E-state index is 13.9. The van der Waals surface area contributed by atoms with Crippen LogP contribution in [0.15, 0.2) is 120 Å². The summed E-state index contributed by atoms with van der Waals surface area (Å²) in [4.78, 5) is 29.5. The molecule has 2 atom stereocenters. The molecule has 0 saturated heterocycles. The second-order valence-electron chi connectivity index (χ2n) is 10.2. The molecule has 0 bridgehead atoms. The van der Waals surface area contributed by atoms with Gasteiger partial charge in [-0.2, -0.15) is 0 Å². The molecule has 200 valence electrons. The molecule has 0 saturated carbocycles. The van der Waals surface area contributed by atoms with Crippen LogP contribution >= 0.6 is 0 Å². The van der Waals surface area contributed by atoms with Crippen molar-refractivity contribution in [3.05, 3.63) is 132 Å². The number of ketones is 1. The van der Waals surface area contributed by atoms with Crippen LogP contribution in [0.3, 0.4) is 0 Å². The fraction of sp³-hybridized carbons (Fsp3) is 0.200. The minimum absolute atomic E-state index is 0.0162. The third-order valence-corrected chi connectivity index (χ3v) is 7.67. The number of hydrogen-bond acceptors (Lipinski definition) is 4. The molecule has 40 heavy (non-hydrogen) atoms. The fourth-order valence-corrected chi connectivity index (χ4v) is 5.83. The molecule has 0 radical (unpaired) electrons. The van der Waals surface area contributed by atoms with Gasteiger partial charge in [0.05, 0.1) is 6.61 Å². The van der Waals surface area contributed by atoms with E-state index in [-0.39, 0.29) is 29.9 Å². The Morgan fingerprint density at radius 3 is 1.98 bits per heavy atom. The van der Waals surface area contributed by atoms with Crippen LogP contribution in [0.25, 0.3) is 0 Å². The van der Waals surface area contributed by atoms with E-state index in [0.717, 1.165) is 39.6 Å². The number of Topliss-reactive ketones (excluding diaryl/α,β-unsaturated/α-hetero) is 1. The lowest BCUT2D eigenvalue weighted by Gasteiger charge is -2.40. The molecule has 0 spiro atoms. The van der Waals surface area contributed by atoms with Crippen LogP contribution in [0.2, 0.25) is 0 Å². The number of ether oxygens (including phenoxy) is 2. The highest BCUT2D eigenvalue weighted by Crippen LogP contribution is 2.47. The number of rotatable bonds is 7. The first-order chi connectivity index (χ1) is 19.6. The van der Waals surface area contributed by atoms with Crippen molar-refractivity contribution < 1.29 is 19.1 Å². The Hall–Kier alpha value is -4.64. The molecule has 4 aromatic carbocycles. The van der Waals surface area contributed by atoms with E-state index in [1.54, 1.807) is 4.90 Å². The van der Waals surface area contributed by atoms with E-state index in [1.807, 2.05) is 104 Å². The van der Waals surface area contributed by atoms with Gasteiger partial charge in [0.1, 0.15) is 17.2 Å². The molecule has 1 aliphatic carbocycles. The van der Waals surface area contributed by atoms with Gasteiger partial charge in [-0.3, -0.25) is 14.5 Å². The predicted octanol–water partition coefficient (Wildman–Crippen LogP) is 7.80. The van der Waals surface area contributed by atoms with Crippen molar-refractivity contribution in [1.29, 1.82) is 0 Å². The largest absolute Gasteiger partial charge is 0.494 e. The minimum Gasteiger partial charge on any atom is -0.494 e. The summed E-state index contributed by atoms with van der Waals surface area (Å²) in [5.41, 5.74) is 4.37. The van der Waals surface area contributed by atoms with Crippen molar-refractivity contribution in [1.82, 2.24) is 0 Å². The number of carbonyl (C=O) groups excluding carboxylic acids is 2. The van der Waals surface area contributed by atoms with Gasteiger partial charge in [-0.1, -0.05) is 60.7 Å². The van der Waals surface area contributed by atoms with Gasteiger partial charge in [-0.25, -0.2) is 0 Å². The smallest absolute Gasteiger partial charge is 0.232 e. The molecule has 1 aliphatic heterocycles. The summed E-state index contributed by atoms with van der Waals surface area (Å²) in [6.07, 6.45) is 1.28. The molecular weight excluding hydrogens is 498 g/mol. The summed E-state index contributed by atoms with van der Waals surface area (Å²) in [5, 5.41) is 0. The van der Waals surface area contributed by atoms with Crippen LogP contribution in [-0.4, -0.2) is 18.3 Å². The number of benzene rings is 4. The number of nitrogens with zero attached hydrogens (tertiary/aromatic N) is 1. The number of carbonyl (C=O) groups is 2. The molecular formula is C35H31NO4. The molecule has 5 nitrogen and oxygen atoms in total. The minimum atomic E-state index is -0.278. The monoisotopic (exact) mass is 529 g/mol. The normalized spacial score (nSPS) is 18.9. The summed E-state index contributed by atoms with van der Waals surface area (Å²) in [7, 11) is 0. The van der Waals surface area contributed by atoms with Crippen LogP contribution in [0.5, 0.6) is 17.2 Å². The Morgan fingerprint density at radius 1 is 0.675 bits per heavy atom. The summed E-state index contributed by atoms with van der Waals surface area (Å²) in [5.74, 6) is 2.04. The molecule has 1 amide bonds. The zero-order valence-corrected chi connectivity index (χ0v) is 22.5. The Bertz CT molecular complexity index is 1530. The number of para-hydroxylation sites is 1. The van der Waals surface area contributed by atoms with Gasteiger partial charge < -0.3 is 9.47 Å². The van der Waals surface area contributed by atoms with Crippen molar-refractivity contribution in [2.45, 2.75) is 38.0 Å². The third-order valence-electron chi connectivity index (χ3n) is 7.67. The fourth-order valence-electron chi connectivity index (χ4n) is 5.83. The van der Waals surface area contributed by atoms with E-state index in [2.05, 4.69) is 12.1 Å². The van der Waals surface area contributed by atoms with Crippen molar-refractivity contribution in [2.24, 2.45) is 0 Å². The molecule has 6 rings (SSSR count). The lowest BCUT2D eigenvalue weighted by Crippen LogP contribution is -2.41. The summed E-state index contributed by atoms with van der Waals surface area (Å²) >= 11 is 0. The van der Waals surface area contributed by atoms with E-state index in [1.165, 1.54) is 0 Å². The molecule has 1 heterocycles. The standard InChI is InChI=1S/C35H31NO4/c1-2-39-28-17-13-25(14-18-28)31-23-34(38)36(27-15-19-30(20-16-27)40-29-11-7-4-8-12-29)32-21-26(22-33(37)35(31)32)24-9-5-3-6-10-24/h3-20,26,31H,2,21-23H2,1H3. The van der Waals surface area contributed by atoms with Gasteiger partial charge in [-0.15, -0.1) is 0 Å². The molecule has 4 aromatic rings. The first kappa shape index (κ1) is 25.6. The van der Waals surface area contributed by atoms with Gasteiger partial charge in [0, 0.05) is 35.7 Å². The van der Waals surface area contributed by atoms with E-state index in [4.69, 9.17) is 9.47 Å². The van der Waals surface area contributed by atoms with E-state index in [9.17, 15) is 9.59 Å². The van der Waals surface area contributed by atoms with E-state index >= 15 is 0 Å². The number of allylic oxidation sites excluding steroid dienone is 2. The second kappa shape index (κ2) is 11.2. The molecule has 0 fully saturated rings. The first-order valence-electron chi connectivity index (χ1n) is 13.8. The maximum absolute atomic E-state index is 13.9. The second-order valence-corrected chi connectivity index (χ2v) is 10.2. The quantitative estimate of drug-likeness (QED) is 0.245.